The molecule has 1 aliphatic rings. The Labute approximate surface area is 190 Å². The Balaban J connectivity index is 1.44. The van der Waals surface area contributed by atoms with Crippen molar-refractivity contribution in [3.8, 4) is 5.75 Å². The Morgan fingerprint density at radius 2 is 1.62 bits per heavy atom. The predicted molar refractivity (Wildman–Crippen MR) is 125 cm³/mol. The first-order valence-electron chi connectivity index (χ1n) is 10.1. The second-order valence-electron chi connectivity index (χ2n) is 7.58. The van der Waals surface area contributed by atoms with Crippen LogP contribution in [0.2, 0.25) is 0 Å². The molecule has 0 radical (unpaired) electrons. The maximum absolute atomic E-state index is 12.8. The Morgan fingerprint density at radius 1 is 0.938 bits per heavy atom. The van der Waals surface area contributed by atoms with E-state index in [1.807, 2.05) is 44.2 Å². The molecule has 2 amide bonds. The Bertz CT molecular complexity index is 1230. The van der Waals surface area contributed by atoms with E-state index in [9.17, 15) is 14.4 Å². The van der Waals surface area contributed by atoms with Crippen LogP contribution in [0, 0.1) is 13.8 Å². The van der Waals surface area contributed by atoms with E-state index < -0.39 is 5.97 Å². The van der Waals surface area contributed by atoms with E-state index in [0.29, 0.717) is 16.2 Å². The maximum atomic E-state index is 12.8. The molecular formula is C26H21NO4S. The molecule has 0 spiro atoms. The van der Waals surface area contributed by atoms with E-state index in [1.165, 1.54) is 4.90 Å². The number of carbonyl (C=O) groups excluding carboxylic acids is 3. The van der Waals surface area contributed by atoms with Crippen LogP contribution < -0.4 is 4.74 Å². The smallest absolute Gasteiger partial charge is 0.343 e. The van der Waals surface area contributed by atoms with Crippen LogP contribution in [-0.4, -0.2) is 22.0 Å². The molecule has 160 valence electrons. The molecule has 1 heterocycles. The van der Waals surface area contributed by atoms with Crippen LogP contribution in [0.4, 0.5) is 4.79 Å². The Morgan fingerprint density at radius 3 is 2.31 bits per heavy atom. The Kier molecular flexibility index (Phi) is 6.23. The monoisotopic (exact) mass is 443 g/mol. The van der Waals surface area contributed by atoms with Crippen molar-refractivity contribution < 1.29 is 19.1 Å². The molecule has 0 unspecified atom stereocenters. The zero-order valence-corrected chi connectivity index (χ0v) is 18.5. The molecule has 1 fully saturated rings. The molecule has 0 aromatic heterocycles. The second-order valence-corrected chi connectivity index (χ2v) is 8.58. The third-order valence-corrected chi connectivity index (χ3v) is 5.85. The van der Waals surface area contributed by atoms with Crippen molar-refractivity contribution in [3.05, 3.63) is 106 Å². The van der Waals surface area contributed by atoms with Gasteiger partial charge in [-0.3, -0.25) is 14.5 Å². The minimum Gasteiger partial charge on any atom is -0.423 e. The summed E-state index contributed by atoms with van der Waals surface area (Å²) in [7, 11) is 0. The van der Waals surface area contributed by atoms with E-state index in [2.05, 4.69) is 0 Å². The van der Waals surface area contributed by atoms with Gasteiger partial charge in [0.25, 0.3) is 11.1 Å². The number of benzene rings is 3. The fourth-order valence-corrected chi connectivity index (χ4v) is 4.19. The van der Waals surface area contributed by atoms with Crippen molar-refractivity contribution in [2.75, 3.05) is 0 Å². The van der Waals surface area contributed by atoms with Crippen molar-refractivity contribution in [1.82, 2.24) is 4.90 Å². The molecule has 3 aromatic carbocycles. The van der Waals surface area contributed by atoms with E-state index in [1.54, 1.807) is 48.5 Å². The molecule has 0 saturated carbocycles. The maximum Gasteiger partial charge on any atom is 0.343 e. The van der Waals surface area contributed by atoms with Crippen LogP contribution in [0.3, 0.4) is 0 Å². The van der Waals surface area contributed by atoms with Gasteiger partial charge in [0.2, 0.25) is 0 Å². The van der Waals surface area contributed by atoms with Gasteiger partial charge in [-0.1, -0.05) is 59.7 Å². The van der Waals surface area contributed by atoms with Gasteiger partial charge in [-0.2, -0.15) is 0 Å². The molecule has 0 aliphatic carbocycles. The van der Waals surface area contributed by atoms with Gasteiger partial charge < -0.3 is 4.74 Å². The van der Waals surface area contributed by atoms with E-state index >= 15 is 0 Å². The number of aryl methyl sites for hydroxylation is 2. The summed E-state index contributed by atoms with van der Waals surface area (Å²) in [5.41, 5.74) is 4.19. The highest BCUT2D eigenvalue weighted by Gasteiger charge is 2.34. The first-order chi connectivity index (χ1) is 15.4. The minimum absolute atomic E-state index is 0.248. The normalized spacial score (nSPS) is 14.8. The SMILES string of the molecule is Cc1cccc(CN2C(=O)S/C(=C\c3ccc(OC(=O)c4cccc(C)c4)cc3)C2=O)c1. The fourth-order valence-electron chi connectivity index (χ4n) is 3.35. The number of thioether (sulfide) groups is 1. The highest BCUT2D eigenvalue weighted by atomic mass is 32.2. The highest BCUT2D eigenvalue weighted by Crippen LogP contribution is 2.33. The first kappa shape index (κ1) is 21.6. The summed E-state index contributed by atoms with van der Waals surface area (Å²) in [6, 6.07) is 21.7. The zero-order valence-electron chi connectivity index (χ0n) is 17.7. The van der Waals surface area contributed by atoms with Gasteiger partial charge in [-0.25, -0.2) is 4.79 Å². The van der Waals surface area contributed by atoms with Gasteiger partial charge in [0.15, 0.2) is 0 Å². The van der Waals surface area contributed by atoms with Crippen LogP contribution in [0.5, 0.6) is 5.75 Å². The molecule has 6 heteroatoms. The molecule has 4 rings (SSSR count). The van der Waals surface area contributed by atoms with E-state index in [4.69, 9.17) is 4.74 Å². The van der Waals surface area contributed by atoms with Crippen molar-refractivity contribution in [2.24, 2.45) is 0 Å². The van der Waals surface area contributed by atoms with Gasteiger partial charge in [0, 0.05) is 0 Å². The quantitative estimate of drug-likeness (QED) is 0.285. The minimum atomic E-state index is -0.432. The summed E-state index contributed by atoms with van der Waals surface area (Å²) in [6.45, 7) is 4.13. The molecule has 1 aliphatic heterocycles. The topological polar surface area (TPSA) is 63.7 Å². The standard InChI is InChI=1S/C26H21NO4S/c1-17-5-3-7-20(13-17)16-27-24(28)23(32-26(27)30)15-19-9-11-22(12-10-19)31-25(29)21-8-4-6-18(2)14-21/h3-15H,16H2,1-2H3/b23-15-. The van der Waals surface area contributed by atoms with Crippen LogP contribution in [0.1, 0.15) is 32.6 Å². The number of rotatable bonds is 5. The first-order valence-corrected chi connectivity index (χ1v) is 10.9. The van der Waals surface area contributed by atoms with Crippen LogP contribution in [0.25, 0.3) is 6.08 Å². The lowest BCUT2D eigenvalue weighted by Crippen LogP contribution is -2.27. The number of ether oxygens (including phenoxy) is 1. The molecule has 3 aromatic rings. The number of esters is 1. The van der Waals surface area contributed by atoms with Gasteiger partial charge in [-0.05, 0) is 67.1 Å². The molecule has 0 N–H and O–H groups in total. The van der Waals surface area contributed by atoms with Crippen molar-refractivity contribution in [3.63, 3.8) is 0 Å². The number of amides is 2. The van der Waals surface area contributed by atoms with E-state index in [-0.39, 0.29) is 17.7 Å². The van der Waals surface area contributed by atoms with E-state index in [0.717, 1.165) is 34.0 Å². The third kappa shape index (κ3) is 4.98. The number of imide groups is 1. The largest absolute Gasteiger partial charge is 0.423 e. The van der Waals surface area contributed by atoms with Crippen LogP contribution in [-0.2, 0) is 11.3 Å². The number of nitrogens with zero attached hydrogens (tertiary/aromatic N) is 1. The average Bonchev–Trinajstić information content (AvgIpc) is 3.02. The third-order valence-electron chi connectivity index (χ3n) is 4.94. The molecule has 1 saturated heterocycles. The number of hydrogen-bond acceptors (Lipinski definition) is 5. The lowest BCUT2D eigenvalue weighted by Gasteiger charge is -2.12. The van der Waals surface area contributed by atoms with Gasteiger partial charge in [0.1, 0.15) is 5.75 Å². The fraction of sp³-hybridized carbons (Fsp3) is 0.115. The van der Waals surface area contributed by atoms with Gasteiger partial charge in [-0.15, -0.1) is 0 Å². The lowest BCUT2D eigenvalue weighted by molar-refractivity contribution is -0.123. The molecule has 32 heavy (non-hydrogen) atoms. The summed E-state index contributed by atoms with van der Waals surface area (Å²) in [5.74, 6) is -0.337. The second kappa shape index (κ2) is 9.24. The lowest BCUT2D eigenvalue weighted by atomic mass is 10.1. The summed E-state index contributed by atoms with van der Waals surface area (Å²) in [6.07, 6.45) is 1.67. The summed E-state index contributed by atoms with van der Waals surface area (Å²) >= 11 is 0.927. The van der Waals surface area contributed by atoms with Crippen molar-refractivity contribution in [2.45, 2.75) is 20.4 Å². The van der Waals surface area contributed by atoms with Gasteiger partial charge >= 0.3 is 5.97 Å². The van der Waals surface area contributed by atoms with Crippen LogP contribution in [0.15, 0.2) is 77.7 Å². The average molecular weight is 444 g/mol. The Hall–Kier alpha value is -3.64. The summed E-state index contributed by atoms with van der Waals surface area (Å²) in [4.78, 5) is 39.0. The van der Waals surface area contributed by atoms with Crippen molar-refractivity contribution in [1.29, 1.82) is 0 Å². The number of hydrogen-bond donors (Lipinski definition) is 0. The predicted octanol–water partition coefficient (Wildman–Crippen LogP) is 5.76. The summed E-state index contributed by atoms with van der Waals surface area (Å²) in [5, 5.41) is -0.286. The number of carbonyl (C=O) groups is 3. The molecule has 0 atom stereocenters. The molecular weight excluding hydrogens is 422 g/mol. The summed E-state index contributed by atoms with van der Waals surface area (Å²) < 4.78 is 5.42. The van der Waals surface area contributed by atoms with Crippen LogP contribution >= 0.6 is 11.8 Å². The van der Waals surface area contributed by atoms with Gasteiger partial charge in [0.05, 0.1) is 17.0 Å². The highest BCUT2D eigenvalue weighted by molar-refractivity contribution is 8.18. The molecule has 0 bridgehead atoms. The molecule has 5 nitrogen and oxygen atoms in total. The van der Waals surface area contributed by atoms with Crippen molar-refractivity contribution >= 4 is 35.0 Å². The zero-order chi connectivity index (χ0) is 22.7.